The highest BCUT2D eigenvalue weighted by Gasteiger charge is 2.34. The van der Waals surface area contributed by atoms with Crippen LogP contribution in [0.4, 0.5) is 0 Å². The van der Waals surface area contributed by atoms with E-state index in [4.69, 9.17) is 5.14 Å². The Balaban J connectivity index is 2.40. The van der Waals surface area contributed by atoms with E-state index < -0.39 is 10.0 Å². The monoisotopic (exact) mass is 300 g/mol. The first-order chi connectivity index (χ1) is 9.23. The number of aromatic nitrogens is 2. The van der Waals surface area contributed by atoms with Crippen LogP contribution in [0.15, 0.2) is 4.90 Å². The van der Waals surface area contributed by atoms with Crippen LogP contribution < -0.4 is 5.14 Å². The molecular weight excluding hydrogens is 280 g/mol. The van der Waals surface area contributed by atoms with E-state index in [9.17, 15) is 13.2 Å². The van der Waals surface area contributed by atoms with Crippen LogP contribution in [0.25, 0.3) is 0 Å². The van der Waals surface area contributed by atoms with Crippen LogP contribution in [0.2, 0.25) is 0 Å². The van der Waals surface area contributed by atoms with Crippen LogP contribution in [0.1, 0.15) is 42.9 Å². The summed E-state index contributed by atoms with van der Waals surface area (Å²) in [6.45, 7) is 6.20. The highest BCUT2D eigenvalue weighted by atomic mass is 32.2. The van der Waals surface area contributed by atoms with Crippen molar-refractivity contribution in [2.75, 3.05) is 6.54 Å². The first kappa shape index (κ1) is 15.0. The molecule has 8 heteroatoms. The van der Waals surface area contributed by atoms with Gasteiger partial charge in [-0.3, -0.25) is 9.89 Å². The Morgan fingerprint density at radius 3 is 2.70 bits per heavy atom. The molecule has 1 aliphatic heterocycles. The molecule has 20 heavy (non-hydrogen) atoms. The van der Waals surface area contributed by atoms with Crippen molar-refractivity contribution in [3.63, 3.8) is 0 Å². The maximum Gasteiger partial charge on any atom is 0.276 e. The highest BCUT2D eigenvalue weighted by molar-refractivity contribution is 7.89. The maximum atomic E-state index is 12.6. The van der Waals surface area contributed by atoms with Crippen LogP contribution >= 0.6 is 0 Å². The number of sulfonamides is 1. The molecule has 3 N–H and O–H groups in total. The fraction of sp³-hybridized carbons (Fsp3) is 0.667. The summed E-state index contributed by atoms with van der Waals surface area (Å²) in [5, 5.41) is 11.5. The lowest BCUT2D eigenvalue weighted by Crippen LogP contribution is -2.46. The number of carbonyl (C=O) groups excluding carboxylic acids is 1. The molecule has 0 spiro atoms. The summed E-state index contributed by atoms with van der Waals surface area (Å²) in [6.07, 6.45) is 1.97. The van der Waals surface area contributed by atoms with Crippen molar-refractivity contribution in [3.05, 3.63) is 11.4 Å². The number of rotatable bonds is 2. The topological polar surface area (TPSA) is 109 Å². The standard InChI is InChI=1S/C12H20N4O3S/c1-7-5-4-6-16(9(7)3)12(17)10-11(20(13,18)19)8(2)14-15-10/h7,9H,4-6H2,1-3H3,(H,14,15)(H2,13,18,19). The average Bonchev–Trinajstić information content (AvgIpc) is 2.73. The van der Waals surface area contributed by atoms with E-state index in [-0.39, 0.29) is 28.2 Å². The number of H-pyrrole nitrogens is 1. The van der Waals surface area contributed by atoms with Gasteiger partial charge in [-0.1, -0.05) is 6.92 Å². The Morgan fingerprint density at radius 1 is 1.45 bits per heavy atom. The summed E-state index contributed by atoms with van der Waals surface area (Å²) >= 11 is 0. The quantitative estimate of drug-likeness (QED) is 0.834. The van der Waals surface area contributed by atoms with Crippen molar-refractivity contribution < 1.29 is 13.2 Å². The van der Waals surface area contributed by atoms with Crippen molar-refractivity contribution in [2.45, 2.75) is 44.6 Å². The summed E-state index contributed by atoms with van der Waals surface area (Å²) in [6, 6.07) is 0.0570. The molecule has 1 saturated heterocycles. The molecule has 1 amide bonds. The Labute approximate surface area is 118 Å². The summed E-state index contributed by atoms with van der Waals surface area (Å²) in [7, 11) is -3.98. The lowest BCUT2D eigenvalue weighted by Gasteiger charge is -2.37. The summed E-state index contributed by atoms with van der Waals surface area (Å²) in [5.74, 6) is 0.00287. The molecule has 112 valence electrons. The molecule has 0 aliphatic carbocycles. The second-order valence-electron chi connectivity index (χ2n) is 5.43. The number of carbonyl (C=O) groups is 1. The predicted octanol–water partition coefficient (Wildman–Crippen LogP) is 0.626. The molecule has 0 saturated carbocycles. The van der Waals surface area contributed by atoms with Gasteiger partial charge in [-0.15, -0.1) is 0 Å². The van der Waals surface area contributed by atoms with Gasteiger partial charge < -0.3 is 4.90 Å². The third kappa shape index (κ3) is 2.57. The van der Waals surface area contributed by atoms with E-state index in [1.165, 1.54) is 6.92 Å². The van der Waals surface area contributed by atoms with Crippen molar-refractivity contribution >= 4 is 15.9 Å². The van der Waals surface area contributed by atoms with Gasteiger partial charge in [0.2, 0.25) is 10.0 Å². The number of piperidine rings is 1. The second kappa shape index (κ2) is 5.17. The van der Waals surface area contributed by atoms with E-state index in [1.807, 2.05) is 6.92 Å². The molecule has 2 rings (SSSR count). The Hall–Kier alpha value is -1.41. The van der Waals surface area contributed by atoms with Crippen LogP contribution in [0, 0.1) is 12.8 Å². The van der Waals surface area contributed by atoms with Gasteiger partial charge in [0.05, 0.1) is 5.69 Å². The molecule has 0 radical (unpaired) electrons. The van der Waals surface area contributed by atoms with Crippen molar-refractivity contribution in [1.29, 1.82) is 0 Å². The minimum atomic E-state index is -3.98. The maximum absolute atomic E-state index is 12.6. The molecule has 1 aromatic heterocycles. The average molecular weight is 300 g/mol. The number of hydrogen-bond acceptors (Lipinski definition) is 4. The number of primary sulfonamides is 1. The van der Waals surface area contributed by atoms with Gasteiger partial charge in [0.15, 0.2) is 5.69 Å². The fourth-order valence-corrected chi connectivity index (χ4v) is 3.55. The molecule has 0 aromatic carbocycles. The lowest BCUT2D eigenvalue weighted by molar-refractivity contribution is 0.0541. The molecule has 7 nitrogen and oxygen atoms in total. The van der Waals surface area contributed by atoms with E-state index in [1.54, 1.807) is 4.90 Å². The van der Waals surface area contributed by atoms with E-state index in [0.29, 0.717) is 12.5 Å². The van der Waals surface area contributed by atoms with Gasteiger partial charge in [0.1, 0.15) is 4.90 Å². The third-order valence-corrected chi connectivity index (χ3v) is 5.08. The smallest absolute Gasteiger partial charge is 0.276 e. The van der Waals surface area contributed by atoms with Gasteiger partial charge >= 0.3 is 0 Å². The summed E-state index contributed by atoms with van der Waals surface area (Å²) in [5.41, 5.74) is 0.180. The number of nitrogens with one attached hydrogen (secondary N) is 1. The minimum Gasteiger partial charge on any atom is -0.334 e. The first-order valence-corrected chi connectivity index (χ1v) is 8.17. The van der Waals surface area contributed by atoms with Crippen molar-refractivity contribution in [3.8, 4) is 0 Å². The molecule has 2 heterocycles. The highest BCUT2D eigenvalue weighted by Crippen LogP contribution is 2.26. The number of likely N-dealkylation sites (tertiary alicyclic amines) is 1. The molecule has 1 aromatic rings. The largest absolute Gasteiger partial charge is 0.334 e. The van der Waals surface area contributed by atoms with E-state index in [0.717, 1.165) is 12.8 Å². The molecular formula is C12H20N4O3S. The number of nitrogens with two attached hydrogens (primary N) is 1. The molecule has 1 aliphatic rings. The SMILES string of the molecule is Cc1[nH]nc(C(=O)N2CCCC(C)C2C)c1S(N)(=O)=O. The normalized spacial score (nSPS) is 23.9. The Bertz CT molecular complexity index is 623. The zero-order valence-electron chi connectivity index (χ0n) is 11.9. The Morgan fingerprint density at radius 2 is 2.10 bits per heavy atom. The summed E-state index contributed by atoms with van der Waals surface area (Å²) < 4.78 is 23.2. The first-order valence-electron chi connectivity index (χ1n) is 6.62. The second-order valence-corrected chi connectivity index (χ2v) is 6.93. The minimum absolute atomic E-state index is 0.0570. The van der Waals surface area contributed by atoms with Gasteiger partial charge in [-0.25, -0.2) is 13.6 Å². The van der Waals surface area contributed by atoms with Gasteiger partial charge in [-0.05, 0) is 32.6 Å². The van der Waals surface area contributed by atoms with Gasteiger partial charge in [-0.2, -0.15) is 5.10 Å². The molecule has 0 bridgehead atoms. The van der Waals surface area contributed by atoms with E-state index >= 15 is 0 Å². The van der Waals surface area contributed by atoms with Crippen LogP contribution in [0.5, 0.6) is 0 Å². The molecule has 2 unspecified atom stereocenters. The molecule has 1 fully saturated rings. The molecule has 2 atom stereocenters. The predicted molar refractivity (Wildman–Crippen MR) is 73.6 cm³/mol. The zero-order chi connectivity index (χ0) is 15.1. The zero-order valence-corrected chi connectivity index (χ0v) is 12.7. The van der Waals surface area contributed by atoms with Crippen LogP contribution in [-0.4, -0.2) is 42.0 Å². The lowest BCUT2D eigenvalue weighted by atomic mass is 9.92. The van der Waals surface area contributed by atoms with Crippen LogP contribution in [-0.2, 0) is 10.0 Å². The number of nitrogens with zero attached hydrogens (tertiary/aromatic N) is 2. The fourth-order valence-electron chi connectivity index (χ4n) is 2.67. The van der Waals surface area contributed by atoms with Gasteiger partial charge in [0.25, 0.3) is 5.91 Å². The number of hydrogen-bond donors (Lipinski definition) is 2. The van der Waals surface area contributed by atoms with Crippen LogP contribution in [0.3, 0.4) is 0 Å². The van der Waals surface area contributed by atoms with E-state index in [2.05, 4.69) is 17.1 Å². The number of aromatic amines is 1. The number of amides is 1. The van der Waals surface area contributed by atoms with Crippen molar-refractivity contribution in [2.24, 2.45) is 11.1 Å². The van der Waals surface area contributed by atoms with Crippen molar-refractivity contribution in [1.82, 2.24) is 15.1 Å². The third-order valence-electron chi connectivity index (χ3n) is 4.01. The summed E-state index contributed by atoms with van der Waals surface area (Å²) in [4.78, 5) is 14.0. The number of aryl methyl sites for hydroxylation is 1. The van der Waals surface area contributed by atoms with Gasteiger partial charge in [0, 0.05) is 12.6 Å². The Kier molecular flexibility index (Phi) is 3.88.